The molecule has 3 atom stereocenters. The number of nitrogens with zero attached hydrogens (tertiary/aromatic N) is 1. The summed E-state index contributed by atoms with van der Waals surface area (Å²) in [6.45, 7) is 4.65. The van der Waals surface area contributed by atoms with E-state index in [1.807, 2.05) is 27.2 Å². The van der Waals surface area contributed by atoms with Gasteiger partial charge in [0, 0.05) is 6.42 Å². The average Bonchev–Trinajstić information content (AvgIpc) is 3.29. The van der Waals surface area contributed by atoms with Gasteiger partial charge < -0.3 is 28.8 Å². The Morgan fingerprint density at radius 1 is 0.507 bits per heavy atom. The summed E-state index contributed by atoms with van der Waals surface area (Å²) in [7, 11) is 1.25. The molecular formula is C58H113N2O6P. The molecule has 3 unspecified atom stereocenters. The van der Waals surface area contributed by atoms with Gasteiger partial charge in [-0.25, -0.2) is 0 Å². The van der Waals surface area contributed by atoms with Crippen molar-refractivity contribution in [1.29, 1.82) is 0 Å². The molecule has 0 aromatic rings. The van der Waals surface area contributed by atoms with Crippen molar-refractivity contribution < 1.29 is 32.9 Å². The Balaban J connectivity index is 4.23. The highest BCUT2D eigenvalue weighted by molar-refractivity contribution is 7.45. The predicted molar refractivity (Wildman–Crippen MR) is 288 cm³/mol. The lowest BCUT2D eigenvalue weighted by molar-refractivity contribution is -0.870. The number of hydrogen-bond acceptors (Lipinski definition) is 6. The van der Waals surface area contributed by atoms with Crippen LogP contribution in [0.1, 0.15) is 277 Å². The highest BCUT2D eigenvalue weighted by Gasteiger charge is 2.23. The molecule has 0 rings (SSSR count). The highest BCUT2D eigenvalue weighted by atomic mass is 31.2. The highest BCUT2D eigenvalue weighted by Crippen LogP contribution is 2.38. The Morgan fingerprint density at radius 2 is 0.836 bits per heavy atom. The van der Waals surface area contributed by atoms with Crippen LogP contribution in [0.2, 0.25) is 0 Å². The summed E-state index contributed by atoms with van der Waals surface area (Å²) < 4.78 is 23.3. The van der Waals surface area contributed by atoms with Crippen molar-refractivity contribution in [2.75, 3.05) is 40.9 Å². The van der Waals surface area contributed by atoms with Crippen molar-refractivity contribution in [3.05, 3.63) is 36.5 Å². The maximum atomic E-state index is 12.9. The van der Waals surface area contributed by atoms with Crippen LogP contribution in [-0.2, 0) is 18.4 Å². The van der Waals surface area contributed by atoms with E-state index < -0.39 is 26.6 Å². The third-order valence-electron chi connectivity index (χ3n) is 13.1. The van der Waals surface area contributed by atoms with Crippen molar-refractivity contribution in [2.24, 2.45) is 0 Å². The molecule has 0 saturated heterocycles. The molecule has 9 heteroatoms. The molecule has 0 spiro atoms. The summed E-state index contributed by atoms with van der Waals surface area (Å²) in [6, 6.07) is -0.905. The van der Waals surface area contributed by atoms with Crippen molar-refractivity contribution in [2.45, 2.75) is 289 Å². The normalized spacial score (nSPS) is 14.2. The van der Waals surface area contributed by atoms with Crippen molar-refractivity contribution >= 4 is 13.7 Å². The van der Waals surface area contributed by atoms with E-state index in [0.29, 0.717) is 17.4 Å². The van der Waals surface area contributed by atoms with E-state index in [-0.39, 0.29) is 12.5 Å². The first-order chi connectivity index (χ1) is 32.5. The molecule has 67 heavy (non-hydrogen) atoms. The smallest absolute Gasteiger partial charge is 0.268 e. The molecule has 1 amide bonds. The Labute approximate surface area is 417 Å². The Bertz CT molecular complexity index is 1190. The zero-order valence-corrected chi connectivity index (χ0v) is 46.0. The van der Waals surface area contributed by atoms with Crippen LogP contribution in [0.3, 0.4) is 0 Å². The molecule has 396 valence electrons. The molecule has 0 aliphatic rings. The summed E-state index contributed by atoms with van der Waals surface area (Å²) >= 11 is 0. The molecule has 0 bridgehead atoms. The predicted octanol–water partition coefficient (Wildman–Crippen LogP) is 16.7. The van der Waals surface area contributed by atoms with Crippen molar-refractivity contribution in [1.82, 2.24) is 5.32 Å². The van der Waals surface area contributed by atoms with E-state index >= 15 is 0 Å². The van der Waals surface area contributed by atoms with Crippen LogP contribution < -0.4 is 10.2 Å². The minimum atomic E-state index is -4.60. The Morgan fingerprint density at radius 3 is 1.21 bits per heavy atom. The topological polar surface area (TPSA) is 108 Å². The lowest BCUT2D eigenvalue weighted by Gasteiger charge is -2.29. The fourth-order valence-electron chi connectivity index (χ4n) is 8.52. The zero-order valence-electron chi connectivity index (χ0n) is 45.1. The van der Waals surface area contributed by atoms with E-state index in [1.54, 1.807) is 6.08 Å². The molecule has 0 radical (unpaired) electrons. The van der Waals surface area contributed by atoms with Crippen LogP contribution in [0, 0.1) is 0 Å². The Kier molecular flexibility index (Phi) is 48.7. The number of hydrogen-bond donors (Lipinski definition) is 2. The number of aliphatic hydroxyl groups excluding tert-OH is 1. The third-order valence-corrected chi connectivity index (χ3v) is 14.0. The van der Waals surface area contributed by atoms with E-state index in [1.165, 1.54) is 218 Å². The van der Waals surface area contributed by atoms with Gasteiger partial charge in [-0.2, -0.15) is 0 Å². The van der Waals surface area contributed by atoms with Gasteiger partial charge in [0.1, 0.15) is 13.2 Å². The van der Waals surface area contributed by atoms with Crippen LogP contribution >= 0.6 is 7.82 Å². The van der Waals surface area contributed by atoms with Gasteiger partial charge in [-0.05, 0) is 57.8 Å². The fraction of sp³-hybridized carbons (Fsp3) is 0.879. The number of amides is 1. The summed E-state index contributed by atoms with van der Waals surface area (Å²) in [5.41, 5.74) is 0. The molecule has 0 aromatic carbocycles. The SMILES string of the molecule is CCCCCCCCC/C=C\CCCCCCCCCC(=O)NC(COP(=O)([O-])OCC[N+](C)(C)C)C(O)/C=C/CC/C=C/CCCCCCCCCCCCCCCCCCCCCCC. The second-order valence-corrected chi connectivity index (χ2v) is 22.4. The zero-order chi connectivity index (χ0) is 49.2. The molecule has 0 aliphatic heterocycles. The van der Waals surface area contributed by atoms with E-state index in [0.717, 1.165) is 38.5 Å². The molecule has 0 aliphatic carbocycles. The van der Waals surface area contributed by atoms with Gasteiger partial charge in [-0.3, -0.25) is 9.36 Å². The fourth-order valence-corrected chi connectivity index (χ4v) is 9.24. The van der Waals surface area contributed by atoms with Gasteiger partial charge in [0.15, 0.2) is 0 Å². The number of nitrogens with one attached hydrogen (secondary N) is 1. The van der Waals surface area contributed by atoms with Crippen LogP contribution in [0.4, 0.5) is 0 Å². The van der Waals surface area contributed by atoms with Crippen molar-refractivity contribution in [3.63, 3.8) is 0 Å². The van der Waals surface area contributed by atoms with E-state index in [9.17, 15) is 19.4 Å². The van der Waals surface area contributed by atoms with Gasteiger partial charge in [0.2, 0.25) is 5.91 Å². The number of phosphoric ester groups is 1. The largest absolute Gasteiger partial charge is 0.756 e. The summed E-state index contributed by atoms with van der Waals surface area (Å²) in [5.74, 6) is -0.209. The molecule has 8 nitrogen and oxygen atoms in total. The van der Waals surface area contributed by atoms with Crippen LogP contribution in [0.25, 0.3) is 0 Å². The average molecular weight is 966 g/mol. The second-order valence-electron chi connectivity index (χ2n) is 21.0. The number of phosphoric acid groups is 1. The maximum absolute atomic E-state index is 12.9. The monoisotopic (exact) mass is 965 g/mol. The summed E-state index contributed by atoms with van der Waals surface area (Å²) in [6.07, 6.45) is 63.7. The summed E-state index contributed by atoms with van der Waals surface area (Å²) in [4.78, 5) is 25.5. The molecule has 0 heterocycles. The number of rotatable bonds is 53. The van der Waals surface area contributed by atoms with Gasteiger partial charge in [-0.15, -0.1) is 0 Å². The second kappa shape index (κ2) is 49.7. The standard InChI is InChI=1S/C58H113N2O6P/c1-6-8-10-12-14-16-18-20-22-24-26-27-28-29-30-31-32-33-34-35-37-39-41-43-45-47-49-51-57(61)56(55-66-67(63,64)65-54-53-60(3,4)5)59-58(62)52-50-48-46-44-42-40-38-36-25-23-21-19-17-15-13-11-9-7-2/h23,25,41,43,49,51,56-57,61H,6-22,24,26-40,42,44-48,50,52-55H2,1-5H3,(H-,59,62,63,64)/b25-23-,43-41+,51-49+. The number of unbranched alkanes of at least 4 members (excludes halogenated alkanes) is 36. The number of likely N-dealkylation sites (N-methyl/N-ethyl adjacent to an activating group) is 1. The minimum Gasteiger partial charge on any atom is -0.756 e. The molecule has 2 N–H and O–H groups in total. The first-order valence-corrected chi connectivity index (χ1v) is 30.3. The number of carbonyl (C=O) groups is 1. The Hall–Kier alpha value is -1.28. The lowest BCUT2D eigenvalue weighted by Crippen LogP contribution is -2.45. The lowest BCUT2D eigenvalue weighted by atomic mass is 10.0. The van der Waals surface area contributed by atoms with Crippen molar-refractivity contribution in [3.8, 4) is 0 Å². The van der Waals surface area contributed by atoms with Crippen LogP contribution in [0.15, 0.2) is 36.5 Å². The van der Waals surface area contributed by atoms with E-state index in [2.05, 4.69) is 43.5 Å². The van der Waals surface area contributed by atoms with Crippen LogP contribution in [-0.4, -0.2) is 68.5 Å². The van der Waals surface area contributed by atoms with E-state index in [4.69, 9.17) is 9.05 Å². The maximum Gasteiger partial charge on any atom is 0.268 e. The number of quaternary nitrogens is 1. The molecule has 0 aromatic heterocycles. The van der Waals surface area contributed by atoms with Gasteiger partial charge in [-0.1, -0.05) is 249 Å². The van der Waals surface area contributed by atoms with Gasteiger partial charge in [0.05, 0.1) is 39.9 Å². The summed E-state index contributed by atoms with van der Waals surface area (Å²) in [5, 5.41) is 13.9. The van der Waals surface area contributed by atoms with Gasteiger partial charge >= 0.3 is 0 Å². The first-order valence-electron chi connectivity index (χ1n) is 28.9. The minimum absolute atomic E-state index is 0.00665. The number of allylic oxidation sites excluding steroid dienone is 5. The van der Waals surface area contributed by atoms with Gasteiger partial charge in [0.25, 0.3) is 7.82 Å². The first kappa shape index (κ1) is 65.7. The quantitative estimate of drug-likeness (QED) is 0.0272. The number of carbonyl (C=O) groups excluding carboxylic acids is 1. The number of aliphatic hydroxyl groups is 1. The third kappa shape index (κ3) is 52.4. The molecule has 0 saturated carbocycles. The van der Waals surface area contributed by atoms with Crippen LogP contribution in [0.5, 0.6) is 0 Å². The molecular weight excluding hydrogens is 852 g/mol. The molecule has 0 fully saturated rings.